The highest BCUT2D eigenvalue weighted by molar-refractivity contribution is 6.32. The lowest BCUT2D eigenvalue weighted by atomic mass is 10.1. The van der Waals surface area contributed by atoms with Crippen molar-refractivity contribution in [2.45, 2.75) is 6.92 Å². The van der Waals surface area contributed by atoms with E-state index in [1.165, 1.54) is 22.1 Å². The number of aromatic nitrogens is 7. The molecule has 0 aliphatic carbocycles. The molecule has 0 radical (unpaired) electrons. The molecule has 5 aromatic rings. The van der Waals surface area contributed by atoms with Crippen molar-refractivity contribution in [1.29, 1.82) is 0 Å². The first-order chi connectivity index (χ1) is 15.5. The van der Waals surface area contributed by atoms with E-state index in [0.717, 1.165) is 22.3 Å². The van der Waals surface area contributed by atoms with Crippen LogP contribution in [0.5, 0.6) is 0 Å². The number of pyridine rings is 2. The van der Waals surface area contributed by atoms with Gasteiger partial charge in [-0.05, 0) is 37.3 Å². The number of fused-ring (bicyclic) bond motifs is 1. The summed E-state index contributed by atoms with van der Waals surface area (Å²) in [7, 11) is 1.67. The van der Waals surface area contributed by atoms with Gasteiger partial charge in [0.1, 0.15) is 0 Å². The van der Waals surface area contributed by atoms with Crippen LogP contribution < -0.4 is 4.90 Å². The minimum atomic E-state index is -0.227. The summed E-state index contributed by atoms with van der Waals surface area (Å²) in [6, 6.07) is 11.3. The Kier molecular flexibility index (Phi) is 4.87. The van der Waals surface area contributed by atoms with Crippen molar-refractivity contribution in [3.05, 3.63) is 83.7 Å². The van der Waals surface area contributed by atoms with Crippen LogP contribution >= 0.6 is 11.6 Å². The molecule has 9 nitrogen and oxygen atoms in total. The van der Waals surface area contributed by atoms with Crippen molar-refractivity contribution >= 4 is 34.1 Å². The van der Waals surface area contributed by atoms with E-state index in [4.69, 9.17) is 11.6 Å². The Balaban J connectivity index is 1.48. The van der Waals surface area contributed by atoms with Gasteiger partial charge in [-0.2, -0.15) is 15.3 Å². The molecule has 0 aliphatic heterocycles. The quantitative estimate of drug-likeness (QED) is 0.420. The fourth-order valence-corrected chi connectivity index (χ4v) is 3.74. The normalized spacial score (nSPS) is 11.1. The van der Waals surface area contributed by atoms with Crippen LogP contribution in [0.25, 0.3) is 22.4 Å². The number of benzene rings is 1. The molecular formula is C22H17ClN8O. The smallest absolute Gasteiger partial charge is 0.261 e. The lowest BCUT2D eigenvalue weighted by Gasteiger charge is -2.18. The van der Waals surface area contributed by atoms with E-state index in [1.807, 2.05) is 37.3 Å². The molecule has 1 aromatic carbocycles. The van der Waals surface area contributed by atoms with Gasteiger partial charge in [0.05, 0.1) is 58.0 Å². The number of hydrogen-bond acceptors (Lipinski definition) is 6. The highest BCUT2D eigenvalue weighted by Crippen LogP contribution is 2.26. The number of carbonyl (C=O) groups excluding carboxylic acids is 1. The van der Waals surface area contributed by atoms with Crippen molar-refractivity contribution in [3.8, 4) is 11.5 Å². The minimum absolute atomic E-state index is 0.227. The van der Waals surface area contributed by atoms with Gasteiger partial charge in [0, 0.05) is 18.6 Å². The van der Waals surface area contributed by atoms with Gasteiger partial charge in [0.2, 0.25) is 0 Å². The fourth-order valence-electron chi connectivity index (χ4n) is 3.51. The Morgan fingerprint density at radius 2 is 1.81 bits per heavy atom. The van der Waals surface area contributed by atoms with Crippen LogP contribution in [0.15, 0.2) is 67.4 Å². The highest BCUT2D eigenvalue weighted by Gasteiger charge is 2.21. The van der Waals surface area contributed by atoms with E-state index in [0.29, 0.717) is 22.1 Å². The van der Waals surface area contributed by atoms with Crippen LogP contribution in [-0.4, -0.2) is 47.7 Å². The summed E-state index contributed by atoms with van der Waals surface area (Å²) >= 11 is 6.36. The fraction of sp³-hybridized carbons (Fsp3) is 0.0909. The van der Waals surface area contributed by atoms with Crippen molar-refractivity contribution in [3.63, 3.8) is 0 Å². The summed E-state index contributed by atoms with van der Waals surface area (Å²) in [5, 5.41) is 13.8. The Hall–Kier alpha value is -4.11. The van der Waals surface area contributed by atoms with Gasteiger partial charge < -0.3 is 4.90 Å². The minimum Gasteiger partial charge on any atom is -0.310 e. The van der Waals surface area contributed by atoms with Gasteiger partial charge in [-0.25, -0.2) is 9.67 Å². The van der Waals surface area contributed by atoms with Crippen LogP contribution in [0.3, 0.4) is 0 Å². The zero-order valence-corrected chi connectivity index (χ0v) is 18.0. The molecule has 158 valence electrons. The Morgan fingerprint density at radius 1 is 1.00 bits per heavy atom. The summed E-state index contributed by atoms with van der Waals surface area (Å²) in [6.45, 7) is 1.86. The van der Waals surface area contributed by atoms with Gasteiger partial charge in [0.15, 0.2) is 5.82 Å². The molecule has 0 unspecified atom stereocenters. The van der Waals surface area contributed by atoms with E-state index < -0.39 is 0 Å². The predicted molar refractivity (Wildman–Crippen MR) is 120 cm³/mol. The third-order valence-corrected chi connectivity index (χ3v) is 5.48. The first-order valence-electron chi connectivity index (χ1n) is 9.73. The van der Waals surface area contributed by atoms with Crippen LogP contribution in [-0.2, 0) is 0 Å². The Labute approximate surface area is 187 Å². The second-order valence-electron chi connectivity index (χ2n) is 7.08. The van der Waals surface area contributed by atoms with Crippen LogP contribution in [0, 0.1) is 6.92 Å². The molecule has 5 rings (SSSR count). The summed E-state index contributed by atoms with van der Waals surface area (Å²) in [5.41, 5.74) is 3.45. The number of halogens is 1. The molecule has 0 aliphatic rings. The largest absolute Gasteiger partial charge is 0.310 e. The van der Waals surface area contributed by atoms with E-state index in [2.05, 4.69) is 25.3 Å². The molecule has 10 heteroatoms. The molecule has 1 amide bonds. The van der Waals surface area contributed by atoms with Gasteiger partial charge in [-0.15, -0.1) is 4.80 Å². The number of amides is 1. The third kappa shape index (κ3) is 3.28. The van der Waals surface area contributed by atoms with Gasteiger partial charge in [-0.3, -0.25) is 9.78 Å². The van der Waals surface area contributed by atoms with Gasteiger partial charge in [-0.1, -0.05) is 17.7 Å². The molecule has 0 spiro atoms. The van der Waals surface area contributed by atoms with Crippen molar-refractivity contribution < 1.29 is 4.79 Å². The first kappa shape index (κ1) is 19.8. The standard InChI is InChI=1S/C22H17ClN8O/c1-14-17(13-28-30(14)20-7-3-6-19-16(20)5-4-8-24-19)22(32)29(2)15-11-18(23)21(25-12-15)31-26-9-10-27-31/h3-13H,1-2H3. The first-order valence-corrected chi connectivity index (χ1v) is 10.1. The maximum Gasteiger partial charge on any atom is 0.261 e. The van der Waals surface area contributed by atoms with Crippen molar-refractivity contribution in [2.75, 3.05) is 11.9 Å². The lowest BCUT2D eigenvalue weighted by Crippen LogP contribution is -2.27. The number of carbonyl (C=O) groups is 1. The molecular weight excluding hydrogens is 428 g/mol. The molecule has 0 saturated carbocycles. The van der Waals surface area contributed by atoms with E-state index >= 15 is 0 Å². The summed E-state index contributed by atoms with van der Waals surface area (Å²) in [6.07, 6.45) is 7.94. The second-order valence-corrected chi connectivity index (χ2v) is 7.49. The highest BCUT2D eigenvalue weighted by atomic mass is 35.5. The second kappa shape index (κ2) is 7.86. The Bertz CT molecular complexity index is 1440. The van der Waals surface area contributed by atoms with E-state index in [9.17, 15) is 4.79 Å². The van der Waals surface area contributed by atoms with Crippen LogP contribution in [0.1, 0.15) is 16.1 Å². The van der Waals surface area contributed by atoms with Crippen molar-refractivity contribution in [1.82, 2.24) is 34.7 Å². The number of hydrogen-bond donors (Lipinski definition) is 0. The predicted octanol–water partition coefficient (Wildman–Crippen LogP) is 3.63. The zero-order valence-electron chi connectivity index (χ0n) is 17.2. The third-order valence-electron chi connectivity index (χ3n) is 5.20. The number of anilines is 1. The van der Waals surface area contributed by atoms with Crippen molar-refractivity contribution in [2.24, 2.45) is 0 Å². The number of nitrogens with zero attached hydrogens (tertiary/aromatic N) is 8. The molecule has 0 saturated heterocycles. The van der Waals surface area contributed by atoms with E-state index in [-0.39, 0.29) is 5.91 Å². The molecule has 4 heterocycles. The lowest BCUT2D eigenvalue weighted by molar-refractivity contribution is 0.0992. The average molecular weight is 445 g/mol. The van der Waals surface area contributed by atoms with Crippen LogP contribution in [0.4, 0.5) is 5.69 Å². The SMILES string of the molecule is Cc1c(C(=O)N(C)c2cnc(-n3nccn3)c(Cl)c2)cnn1-c1cccc2ncccc12. The summed E-state index contributed by atoms with van der Waals surface area (Å²) in [5.74, 6) is 0.157. The maximum absolute atomic E-state index is 13.3. The molecule has 4 aromatic heterocycles. The maximum atomic E-state index is 13.3. The van der Waals surface area contributed by atoms with Crippen LogP contribution in [0.2, 0.25) is 5.02 Å². The molecule has 0 bridgehead atoms. The topological polar surface area (TPSA) is 94.6 Å². The number of rotatable bonds is 4. The van der Waals surface area contributed by atoms with E-state index in [1.54, 1.807) is 36.4 Å². The Morgan fingerprint density at radius 3 is 2.59 bits per heavy atom. The molecule has 0 N–H and O–H groups in total. The van der Waals surface area contributed by atoms with Gasteiger partial charge >= 0.3 is 0 Å². The molecule has 32 heavy (non-hydrogen) atoms. The monoisotopic (exact) mass is 444 g/mol. The summed E-state index contributed by atoms with van der Waals surface area (Å²) < 4.78 is 1.75. The van der Waals surface area contributed by atoms with Gasteiger partial charge in [0.25, 0.3) is 5.91 Å². The zero-order chi connectivity index (χ0) is 22.2. The summed E-state index contributed by atoms with van der Waals surface area (Å²) in [4.78, 5) is 24.8. The molecule has 0 atom stereocenters. The average Bonchev–Trinajstić information content (AvgIpc) is 3.48. The molecule has 0 fully saturated rings.